The minimum atomic E-state index is -0.250. The molecule has 176 valence electrons. The van der Waals surface area contributed by atoms with Gasteiger partial charge in [0, 0.05) is 42.7 Å². The minimum absolute atomic E-state index is 0. The third kappa shape index (κ3) is 4.65. The molecule has 1 aliphatic carbocycles. The molecule has 1 aromatic heterocycles. The van der Waals surface area contributed by atoms with Crippen molar-refractivity contribution < 1.29 is 14.7 Å². The average Bonchev–Trinajstić information content (AvgIpc) is 3.12. The molecule has 0 amide bonds. The van der Waals surface area contributed by atoms with Gasteiger partial charge in [-0.1, -0.05) is 37.8 Å². The van der Waals surface area contributed by atoms with Crippen molar-refractivity contribution in [2.24, 2.45) is 0 Å². The lowest BCUT2D eigenvalue weighted by Gasteiger charge is -2.34. The molecule has 0 saturated heterocycles. The normalized spacial score (nSPS) is 18.2. The van der Waals surface area contributed by atoms with Crippen LogP contribution >= 0.6 is 0 Å². The number of rotatable bonds is 5. The maximum atomic E-state index is 12.0. The Kier molecular flexibility index (Phi) is 7.90. The van der Waals surface area contributed by atoms with E-state index < -0.39 is 0 Å². The van der Waals surface area contributed by atoms with Crippen LogP contribution in [-0.4, -0.2) is 40.5 Å². The average molecular weight is 450 g/mol. The summed E-state index contributed by atoms with van der Waals surface area (Å²) in [6.07, 6.45) is 7.70. The predicted molar refractivity (Wildman–Crippen MR) is 133 cm³/mol. The first-order valence-corrected chi connectivity index (χ1v) is 11.4. The van der Waals surface area contributed by atoms with Crippen LogP contribution in [0.25, 0.3) is 11.0 Å². The summed E-state index contributed by atoms with van der Waals surface area (Å²) in [6.45, 7) is 2.04. The van der Waals surface area contributed by atoms with Crippen molar-refractivity contribution in [3.63, 3.8) is 0 Å². The van der Waals surface area contributed by atoms with Crippen LogP contribution in [0, 0.1) is 0 Å². The number of hydrogen-bond donors (Lipinski definition) is 1. The molecule has 6 nitrogen and oxygen atoms in total. The highest BCUT2D eigenvalue weighted by atomic mass is 16.3. The summed E-state index contributed by atoms with van der Waals surface area (Å²) in [5.74, 6) is 0.922. The van der Waals surface area contributed by atoms with E-state index in [4.69, 9.17) is 14.9 Å². The fourth-order valence-electron chi connectivity index (χ4n) is 4.95. The molecule has 2 heterocycles. The Morgan fingerprint density at radius 1 is 1.12 bits per heavy atom. The molecule has 0 bridgehead atoms. The highest BCUT2D eigenvalue weighted by molar-refractivity contribution is 5.86. The van der Waals surface area contributed by atoms with Crippen molar-refractivity contribution in [2.45, 2.75) is 70.9 Å². The Bertz CT molecular complexity index is 1090. The lowest BCUT2D eigenvalue weighted by Crippen LogP contribution is -2.33. The standard InChI is InChI=1S/C25H29N3O.CH2O2.CH4/c1-17-11-12-21-22(27(17)2)13-14-23-25(21)26-24(28(23)20-9-6-10-20)15-19(16-29)18-7-4-3-5-8-18;2-1-3;/h3-5,7-8,13-14,16-17,19-20H,6,9-12,15H2,1-2H3;1H,(H,2,3);1H4. The van der Waals surface area contributed by atoms with E-state index in [1.807, 2.05) is 30.3 Å². The summed E-state index contributed by atoms with van der Waals surface area (Å²) >= 11 is 0. The lowest BCUT2D eigenvalue weighted by atomic mass is 9.91. The second-order valence-corrected chi connectivity index (χ2v) is 8.88. The monoisotopic (exact) mass is 449 g/mol. The minimum Gasteiger partial charge on any atom is -0.483 e. The Balaban J connectivity index is 0.000000728. The number of hydrogen-bond acceptors (Lipinski definition) is 4. The van der Waals surface area contributed by atoms with Crippen molar-refractivity contribution in [1.82, 2.24) is 9.55 Å². The van der Waals surface area contributed by atoms with Crippen LogP contribution in [-0.2, 0) is 22.4 Å². The Morgan fingerprint density at radius 2 is 1.82 bits per heavy atom. The van der Waals surface area contributed by atoms with E-state index in [2.05, 4.69) is 35.6 Å². The summed E-state index contributed by atoms with van der Waals surface area (Å²) in [5, 5.41) is 6.89. The third-order valence-electron chi connectivity index (χ3n) is 7.10. The molecule has 2 unspecified atom stereocenters. The van der Waals surface area contributed by atoms with Crippen molar-refractivity contribution in [1.29, 1.82) is 0 Å². The van der Waals surface area contributed by atoms with Crippen LogP contribution in [0.4, 0.5) is 5.69 Å². The summed E-state index contributed by atoms with van der Waals surface area (Å²) in [5.41, 5.74) is 6.18. The molecule has 5 rings (SSSR count). The van der Waals surface area contributed by atoms with Gasteiger partial charge in [0.05, 0.1) is 11.0 Å². The van der Waals surface area contributed by atoms with Gasteiger partial charge in [-0.25, -0.2) is 4.98 Å². The third-order valence-corrected chi connectivity index (χ3v) is 7.10. The first-order chi connectivity index (χ1) is 15.6. The molecule has 3 aromatic rings. The van der Waals surface area contributed by atoms with E-state index in [0.717, 1.165) is 36.0 Å². The number of carbonyl (C=O) groups excluding carboxylic acids is 1. The van der Waals surface area contributed by atoms with E-state index in [1.165, 1.54) is 36.0 Å². The SMILES string of the molecule is C.CC1CCc2c(ccc3c2nc(CC(C=O)c2ccccc2)n3C2CCC2)N1C.O=CO. The van der Waals surface area contributed by atoms with Crippen molar-refractivity contribution in [3.05, 3.63) is 59.4 Å². The molecule has 1 aliphatic heterocycles. The molecule has 2 aromatic carbocycles. The van der Waals surface area contributed by atoms with Gasteiger partial charge in [0.2, 0.25) is 0 Å². The second kappa shape index (κ2) is 10.6. The van der Waals surface area contributed by atoms with Gasteiger partial charge >= 0.3 is 0 Å². The number of nitrogens with zero attached hydrogens (tertiary/aromatic N) is 3. The largest absolute Gasteiger partial charge is 0.483 e. The summed E-state index contributed by atoms with van der Waals surface area (Å²) < 4.78 is 2.45. The van der Waals surface area contributed by atoms with E-state index in [0.29, 0.717) is 18.5 Å². The molecule has 1 fully saturated rings. The Labute approximate surface area is 196 Å². The van der Waals surface area contributed by atoms with Crippen LogP contribution in [0.15, 0.2) is 42.5 Å². The zero-order valence-electron chi connectivity index (χ0n) is 18.8. The fraction of sp³-hybridized carbons (Fsp3) is 0.444. The van der Waals surface area contributed by atoms with Gasteiger partial charge in [0.1, 0.15) is 12.1 Å². The zero-order valence-corrected chi connectivity index (χ0v) is 18.8. The van der Waals surface area contributed by atoms with Gasteiger partial charge in [0.15, 0.2) is 0 Å². The number of carbonyl (C=O) groups is 2. The van der Waals surface area contributed by atoms with E-state index in [9.17, 15) is 4.79 Å². The van der Waals surface area contributed by atoms with Crippen molar-refractivity contribution >= 4 is 29.5 Å². The highest BCUT2D eigenvalue weighted by Crippen LogP contribution is 2.40. The van der Waals surface area contributed by atoms with Gasteiger partial charge in [-0.15, -0.1) is 0 Å². The first kappa shape index (κ1) is 24.5. The number of imidazole rings is 1. The second-order valence-electron chi connectivity index (χ2n) is 8.88. The van der Waals surface area contributed by atoms with Crippen LogP contribution in [0.5, 0.6) is 0 Å². The molecular weight excluding hydrogens is 414 g/mol. The maximum absolute atomic E-state index is 12.0. The predicted octanol–water partition coefficient (Wildman–Crippen LogP) is 5.39. The number of fused-ring (bicyclic) bond motifs is 3. The molecule has 6 heteroatoms. The van der Waals surface area contributed by atoms with Gasteiger partial charge < -0.3 is 19.4 Å². The fourth-order valence-corrected chi connectivity index (χ4v) is 4.95. The molecule has 1 saturated carbocycles. The molecule has 0 spiro atoms. The molecular formula is C27H35N3O3. The van der Waals surface area contributed by atoms with Crippen LogP contribution in [0.3, 0.4) is 0 Å². The first-order valence-electron chi connectivity index (χ1n) is 11.4. The van der Waals surface area contributed by atoms with E-state index in [1.54, 1.807) is 0 Å². The Morgan fingerprint density at radius 3 is 2.42 bits per heavy atom. The molecule has 2 aliphatic rings. The molecule has 33 heavy (non-hydrogen) atoms. The number of aromatic nitrogens is 2. The molecule has 1 N–H and O–H groups in total. The van der Waals surface area contributed by atoms with Gasteiger partial charge in [-0.2, -0.15) is 0 Å². The smallest absolute Gasteiger partial charge is 0.290 e. The maximum Gasteiger partial charge on any atom is 0.290 e. The van der Waals surface area contributed by atoms with Gasteiger partial charge in [-0.3, -0.25) is 4.79 Å². The number of anilines is 1. The molecule has 2 atom stereocenters. The van der Waals surface area contributed by atoms with Crippen LogP contribution in [0.1, 0.15) is 68.9 Å². The number of benzene rings is 2. The summed E-state index contributed by atoms with van der Waals surface area (Å²) in [7, 11) is 2.19. The van der Waals surface area contributed by atoms with Gasteiger partial charge in [0.25, 0.3) is 6.47 Å². The topological polar surface area (TPSA) is 75.4 Å². The van der Waals surface area contributed by atoms with E-state index in [-0.39, 0.29) is 19.8 Å². The zero-order chi connectivity index (χ0) is 22.7. The lowest BCUT2D eigenvalue weighted by molar-refractivity contribution is -0.122. The van der Waals surface area contributed by atoms with Crippen molar-refractivity contribution in [3.8, 4) is 0 Å². The summed E-state index contributed by atoms with van der Waals surface area (Å²) in [4.78, 5) is 27.9. The van der Waals surface area contributed by atoms with Crippen molar-refractivity contribution in [2.75, 3.05) is 11.9 Å². The van der Waals surface area contributed by atoms with Crippen LogP contribution in [0.2, 0.25) is 0 Å². The van der Waals surface area contributed by atoms with Crippen LogP contribution < -0.4 is 4.90 Å². The number of aryl methyl sites for hydroxylation is 1. The van der Waals surface area contributed by atoms with Gasteiger partial charge in [-0.05, 0) is 56.7 Å². The summed E-state index contributed by atoms with van der Waals surface area (Å²) in [6, 6.07) is 15.7. The Hall–Kier alpha value is -3.15. The highest BCUT2D eigenvalue weighted by Gasteiger charge is 2.29. The van der Waals surface area contributed by atoms with E-state index >= 15 is 0 Å². The number of carboxylic acid groups (broad SMARTS) is 1. The number of aldehydes is 1. The molecule has 0 radical (unpaired) electrons. The quantitative estimate of drug-likeness (QED) is 0.528.